The molecule has 21 heavy (non-hydrogen) atoms. The molecule has 0 aliphatic rings. The van der Waals surface area contributed by atoms with Crippen LogP contribution in [0.25, 0.3) is 5.65 Å². The van der Waals surface area contributed by atoms with Crippen LogP contribution in [0.15, 0.2) is 30.0 Å². The highest BCUT2D eigenvalue weighted by molar-refractivity contribution is 7.14. The predicted octanol–water partition coefficient (Wildman–Crippen LogP) is 1.40. The molecule has 0 saturated heterocycles. The van der Waals surface area contributed by atoms with E-state index in [9.17, 15) is 9.59 Å². The van der Waals surface area contributed by atoms with Crippen molar-refractivity contribution in [3.8, 4) is 0 Å². The molecule has 9 heteroatoms. The van der Waals surface area contributed by atoms with Crippen molar-refractivity contribution in [2.75, 3.05) is 10.6 Å². The Morgan fingerprint density at radius 2 is 2.14 bits per heavy atom. The average molecular weight is 302 g/mol. The number of hydrogen-bond acceptors (Lipinski definition) is 6. The van der Waals surface area contributed by atoms with Gasteiger partial charge in [0.05, 0.1) is 5.69 Å². The Morgan fingerprint density at radius 1 is 1.29 bits per heavy atom. The summed E-state index contributed by atoms with van der Waals surface area (Å²) in [7, 11) is 0. The summed E-state index contributed by atoms with van der Waals surface area (Å²) in [6.07, 6.45) is 3.25. The zero-order chi connectivity index (χ0) is 14.8. The van der Waals surface area contributed by atoms with Crippen LogP contribution in [-0.2, 0) is 4.79 Å². The largest absolute Gasteiger partial charge is 0.319 e. The number of hydrogen-bond donors (Lipinski definition) is 2. The molecule has 0 aliphatic heterocycles. The fourth-order valence-electron chi connectivity index (χ4n) is 1.68. The molecule has 3 heterocycles. The first-order chi connectivity index (χ1) is 10.1. The number of pyridine rings is 1. The normalized spacial score (nSPS) is 10.5. The van der Waals surface area contributed by atoms with Gasteiger partial charge in [0.1, 0.15) is 12.0 Å². The number of aromatic nitrogens is 4. The van der Waals surface area contributed by atoms with E-state index < -0.39 is 0 Å². The molecule has 0 spiro atoms. The fraction of sp³-hybridized carbons (Fsp3) is 0.0833. The standard InChI is InChI=1S/C12H10N6O2S/c1-7(19)14-12-16-9(5-21-12)11(20)15-8-2-3-10-17-13-6-18(10)4-8/h2-6H,1H3,(H,15,20)(H,14,16,19). The summed E-state index contributed by atoms with van der Waals surface area (Å²) in [6.45, 7) is 1.38. The molecule has 2 N–H and O–H groups in total. The van der Waals surface area contributed by atoms with Crippen LogP contribution in [0, 0.1) is 0 Å². The van der Waals surface area contributed by atoms with E-state index in [-0.39, 0.29) is 17.5 Å². The third-order valence-electron chi connectivity index (χ3n) is 2.57. The number of thiazole rings is 1. The van der Waals surface area contributed by atoms with E-state index in [2.05, 4.69) is 25.8 Å². The maximum Gasteiger partial charge on any atom is 0.275 e. The Balaban J connectivity index is 1.75. The molecule has 106 valence electrons. The van der Waals surface area contributed by atoms with E-state index in [0.29, 0.717) is 16.5 Å². The molecule has 0 radical (unpaired) electrons. The zero-order valence-electron chi connectivity index (χ0n) is 10.9. The van der Waals surface area contributed by atoms with Gasteiger partial charge in [-0.25, -0.2) is 4.98 Å². The number of nitrogens with zero attached hydrogens (tertiary/aromatic N) is 4. The van der Waals surface area contributed by atoms with Gasteiger partial charge in [0.2, 0.25) is 5.91 Å². The Bertz CT molecular complexity index is 824. The Morgan fingerprint density at radius 3 is 2.95 bits per heavy atom. The molecule has 0 atom stereocenters. The molecule has 8 nitrogen and oxygen atoms in total. The third-order valence-corrected chi connectivity index (χ3v) is 3.33. The molecule has 3 aromatic heterocycles. The van der Waals surface area contributed by atoms with Gasteiger partial charge >= 0.3 is 0 Å². The van der Waals surface area contributed by atoms with Crippen LogP contribution in [-0.4, -0.2) is 31.4 Å². The first kappa shape index (κ1) is 13.2. The summed E-state index contributed by atoms with van der Waals surface area (Å²) < 4.78 is 1.69. The molecule has 0 bridgehead atoms. The summed E-state index contributed by atoms with van der Waals surface area (Å²) in [5.74, 6) is -0.579. The molecule has 0 aliphatic carbocycles. The zero-order valence-corrected chi connectivity index (χ0v) is 11.7. The van der Waals surface area contributed by atoms with E-state index >= 15 is 0 Å². The SMILES string of the molecule is CC(=O)Nc1nc(C(=O)Nc2ccc3nncn3c2)cs1. The number of carbonyl (C=O) groups excluding carboxylic acids is 2. The van der Waals surface area contributed by atoms with Gasteiger partial charge < -0.3 is 10.6 Å². The summed E-state index contributed by atoms with van der Waals surface area (Å²) in [5.41, 5.74) is 1.53. The highest BCUT2D eigenvalue weighted by Crippen LogP contribution is 2.17. The number of rotatable bonds is 3. The second-order valence-electron chi connectivity index (χ2n) is 4.19. The van der Waals surface area contributed by atoms with Gasteiger partial charge in [-0.2, -0.15) is 0 Å². The van der Waals surface area contributed by atoms with Crippen LogP contribution in [0.2, 0.25) is 0 Å². The van der Waals surface area contributed by atoms with E-state index in [1.807, 2.05) is 0 Å². The highest BCUT2D eigenvalue weighted by Gasteiger charge is 2.12. The number of nitrogens with one attached hydrogen (secondary N) is 2. The maximum atomic E-state index is 12.1. The quantitative estimate of drug-likeness (QED) is 0.761. The second kappa shape index (κ2) is 5.29. The van der Waals surface area contributed by atoms with Crippen LogP contribution >= 0.6 is 11.3 Å². The lowest BCUT2D eigenvalue weighted by Crippen LogP contribution is -2.13. The van der Waals surface area contributed by atoms with Crippen molar-refractivity contribution >= 4 is 39.6 Å². The van der Waals surface area contributed by atoms with Crippen molar-refractivity contribution in [1.29, 1.82) is 0 Å². The number of fused-ring (bicyclic) bond motifs is 1. The Hall–Kier alpha value is -2.81. The molecular weight excluding hydrogens is 292 g/mol. The lowest BCUT2D eigenvalue weighted by Gasteiger charge is -2.03. The summed E-state index contributed by atoms with van der Waals surface area (Å²) in [5, 5.41) is 14.9. The van der Waals surface area contributed by atoms with E-state index in [1.165, 1.54) is 18.3 Å². The molecule has 0 saturated carbocycles. The lowest BCUT2D eigenvalue weighted by molar-refractivity contribution is -0.114. The lowest BCUT2D eigenvalue weighted by atomic mass is 10.3. The summed E-state index contributed by atoms with van der Waals surface area (Å²) in [6, 6.07) is 3.47. The van der Waals surface area contributed by atoms with Crippen molar-refractivity contribution in [1.82, 2.24) is 19.6 Å². The molecular formula is C12H10N6O2S. The number of carbonyl (C=O) groups is 2. The fourth-order valence-corrected chi connectivity index (χ4v) is 2.42. The molecule has 3 rings (SSSR count). The second-order valence-corrected chi connectivity index (χ2v) is 5.05. The molecule has 3 aromatic rings. The monoisotopic (exact) mass is 302 g/mol. The number of amides is 2. The van der Waals surface area contributed by atoms with Crippen LogP contribution in [0.5, 0.6) is 0 Å². The topological polar surface area (TPSA) is 101 Å². The van der Waals surface area contributed by atoms with Gasteiger partial charge in [0.25, 0.3) is 5.91 Å². The maximum absolute atomic E-state index is 12.1. The van der Waals surface area contributed by atoms with Crippen molar-refractivity contribution in [3.63, 3.8) is 0 Å². The van der Waals surface area contributed by atoms with Crippen LogP contribution in [0.1, 0.15) is 17.4 Å². The predicted molar refractivity (Wildman–Crippen MR) is 77.4 cm³/mol. The molecule has 0 fully saturated rings. The van der Waals surface area contributed by atoms with E-state index in [4.69, 9.17) is 0 Å². The Kier molecular flexibility index (Phi) is 3.32. The smallest absolute Gasteiger partial charge is 0.275 e. The van der Waals surface area contributed by atoms with Crippen LogP contribution in [0.3, 0.4) is 0 Å². The first-order valence-electron chi connectivity index (χ1n) is 5.96. The third kappa shape index (κ3) is 2.87. The minimum Gasteiger partial charge on any atom is -0.319 e. The van der Waals surface area contributed by atoms with Crippen molar-refractivity contribution < 1.29 is 9.59 Å². The van der Waals surface area contributed by atoms with Gasteiger partial charge in [-0.1, -0.05) is 0 Å². The summed E-state index contributed by atoms with van der Waals surface area (Å²) >= 11 is 1.19. The molecule has 0 aromatic carbocycles. The van der Waals surface area contributed by atoms with Crippen molar-refractivity contribution in [2.24, 2.45) is 0 Å². The van der Waals surface area contributed by atoms with Gasteiger partial charge in [0.15, 0.2) is 10.8 Å². The number of anilines is 2. The van der Waals surface area contributed by atoms with Gasteiger partial charge in [-0.05, 0) is 12.1 Å². The average Bonchev–Trinajstić information content (AvgIpc) is 3.06. The van der Waals surface area contributed by atoms with Gasteiger partial charge in [-0.15, -0.1) is 21.5 Å². The van der Waals surface area contributed by atoms with E-state index in [1.54, 1.807) is 34.4 Å². The molecule has 2 amide bonds. The van der Waals surface area contributed by atoms with Gasteiger partial charge in [0, 0.05) is 18.5 Å². The van der Waals surface area contributed by atoms with Crippen molar-refractivity contribution in [3.05, 3.63) is 35.7 Å². The molecule has 0 unspecified atom stereocenters. The highest BCUT2D eigenvalue weighted by atomic mass is 32.1. The minimum absolute atomic E-state index is 0.227. The minimum atomic E-state index is -0.352. The van der Waals surface area contributed by atoms with Crippen molar-refractivity contribution in [2.45, 2.75) is 6.92 Å². The van der Waals surface area contributed by atoms with Crippen LogP contribution in [0.4, 0.5) is 10.8 Å². The van der Waals surface area contributed by atoms with Gasteiger partial charge in [-0.3, -0.25) is 14.0 Å². The van der Waals surface area contributed by atoms with Crippen LogP contribution < -0.4 is 10.6 Å². The Labute approximate surface area is 122 Å². The van der Waals surface area contributed by atoms with E-state index in [0.717, 1.165) is 0 Å². The summed E-state index contributed by atoms with van der Waals surface area (Å²) in [4.78, 5) is 27.0. The first-order valence-corrected chi connectivity index (χ1v) is 6.83.